The van der Waals surface area contributed by atoms with Crippen LogP contribution in [0, 0.1) is 5.92 Å². The average molecular weight is 341 g/mol. The number of piperidine rings is 1. The molecular weight excluding hydrogens is 321 g/mol. The van der Waals surface area contributed by atoms with Crippen LogP contribution in [0.15, 0.2) is 18.2 Å². The number of halogens is 3. The molecular formula is C14H20Cl3NS. The van der Waals surface area contributed by atoms with Gasteiger partial charge in [0.25, 0.3) is 0 Å². The molecule has 1 fully saturated rings. The van der Waals surface area contributed by atoms with E-state index in [1.807, 2.05) is 23.9 Å². The molecule has 1 nitrogen and oxygen atoms in total. The van der Waals surface area contributed by atoms with Gasteiger partial charge < -0.3 is 5.32 Å². The molecule has 1 N–H and O–H groups in total. The fourth-order valence-electron chi connectivity index (χ4n) is 2.67. The minimum Gasteiger partial charge on any atom is -0.317 e. The van der Waals surface area contributed by atoms with Gasteiger partial charge in [-0.25, -0.2) is 0 Å². The van der Waals surface area contributed by atoms with E-state index in [1.54, 1.807) is 0 Å². The average Bonchev–Trinajstić information content (AvgIpc) is 2.40. The molecule has 0 spiro atoms. The number of nitrogens with one attached hydrogen (secondary N) is 1. The topological polar surface area (TPSA) is 12.0 Å². The highest BCUT2D eigenvalue weighted by Gasteiger charge is 2.24. The standard InChI is InChI=1S/C14H19Cl2NS.ClH/c1-18-9-12(10-4-6-17-7-5-10)11-2-3-13(15)14(16)8-11;/h2-3,8,10,12,17H,4-7,9H2,1H3;1H. The van der Waals surface area contributed by atoms with Crippen LogP contribution in [0.25, 0.3) is 0 Å². The molecule has 1 aromatic rings. The van der Waals surface area contributed by atoms with E-state index in [4.69, 9.17) is 23.2 Å². The molecule has 0 amide bonds. The summed E-state index contributed by atoms with van der Waals surface area (Å²) in [5.41, 5.74) is 1.34. The minimum atomic E-state index is 0. The van der Waals surface area contributed by atoms with Gasteiger partial charge in [-0.1, -0.05) is 29.3 Å². The lowest BCUT2D eigenvalue weighted by atomic mass is 9.81. The summed E-state index contributed by atoms with van der Waals surface area (Å²) in [4.78, 5) is 0. The van der Waals surface area contributed by atoms with Crippen LogP contribution in [0.3, 0.4) is 0 Å². The molecule has 0 aliphatic carbocycles. The van der Waals surface area contributed by atoms with Gasteiger partial charge in [0, 0.05) is 5.75 Å². The second-order valence-electron chi connectivity index (χ2n) is 4.82. The first-order chi connectivity index (χ1) is 8.72. The SMILES string of the molecule is CSCC(c1ccc(Cl)c(Cl)c1)C1CCNCC1.Cl. The third-order valence-corrected chi connectivity index (χ3v) is 5.10. The predicted octanol–water partition coefficient (Wildman–Crippen LogP) is 4.86. The van der Waals surface area contributed by atoms with Crippen molar-refractivity contribution in [3.05, 3.63) is 33.8 Å². The van der Waals surface area contributed by atoms with Crippen molar-refractivity contribution in [3.63, 3.8) is 0 Å². The summed E-state index contributed by atoms with van der Waals surface area (Å²) in [5, 5.41) is 4.75. The molecule has 1 aliphatic rings. The number of rotatable bonds is 4. The zero-order valence-electron chi connectivity index (χ0n) is 11.0. The van der Waals surface area contributed by atoms with Crippen LogP contribution in [-0.2, 0) is 0 Å². The Labute approximate surface area is 136 Å². The highest BCUT2D eigenvalue weighted by Crippen LogP contribution is 2.35. The van der Waals surface area contributed by atoms with Crippen molar-refractivity contribution in [1.82, 2.24) is 5.32 Å². The molecule has 1 aromatic carbocycles. The van der Waals surface area contributed by atoms with Gasteiger partial charge in [0.05, 0.1) is 10.0 Å². The second kappa shape index (κ2) is 8.63. The first kappa shape index (κ1) is 17.5. The van der Waals surface area contributed by atoms with Crippen LogP contribution < -0.4 is 5.32 Å². The number of thioether (sulfide) groups is 1. The van der Waals surface area contributed by atoms with Crippen molar-refractivity contribution in [1.29, 1.82) is 0 Å². The smallest absolute Gasteiger partial charge is 0.0595 e. The van der Waals surface area contributed by atoms with E-state index in [-0.39, 0.29) is 12.4 Å². The molecule has 19 heavy (non-hydrogen) atoms. The molecule has 0 bridgehead atoms. The van der Waals surface area contributed by atoms with Crippen molar-refractivity contribution in [3.8, 4) is 0 Å². The lowest BCUT2D eigenvalue weighted by Gasteiger charge is -2.31. The van der Waals surface area contributed by atoms with E-state index in [9.17, 15) is 0 Å². The highest BCUT2D eigenvalue weighted by atomic mass is 35.5. The molecule has 0 radical (unpaired) electrons. The van der Waals surface area contributed by atoms with E-state index < -0.39 is 0 Å². The van der Waals surface area contributed by atoms with Crippen molar-refractivity contribution < 1.29 is 0 Å². The number of hydrogen-bond acceptors (Lipinski definition) is 2. The Morgan fingerprint density at radius 2 is 1.95 bits per heavy atom. The maximum Gasteiger partial charge on any atom is 0.0595 e. The van der Waals surface area contributed by atoms with Gasteiger partial charge in [0.2, 0.25) is 0 Å². The van der Waals surface area contributed by atoms with E-state index in [2.05, 4.69) is 17.6 Å². The fraction of sp³-hybridized carbons (Fsp3) is 0.571. The first-order valence-electron chi connectivity index (χ1n) is 6.37. The van der Waals surface area contributed by atoms with Gasteiger partial charge in [-0.2, -0.15) is 11.8 Å². The third kappa shape index (κ3) is 4.71. The Kier molecular flexibility index (Phi) is 7.93. The molecule has 2 rings (SSSR count). The Balaban J connectivity index is 0.00000180. The second-order valence-corrected chi connectivity index (χ2v) is 6.55. The van der Waals surface area contributed by atoms with Crippen LogP contribution in [0.4, 0.5) is 0 Å². The zero-order valence-corrected chi connectivity index (χ0v) is 14.1. The van der Waals surface area contributed by atoms with Gasteiger partial charge in [0.1, 0.15) is 0 Å². The van der Waals surface area contributed by atoms with Crippen LogP contribution in [0.2, 0.25) is 10.0 Å². The van der Waals surface area contributed by atoms with E-state index >= 15 is 0 Å². The van der Waals surface area contributed by atoms with Crippen LogP contribution >= 0.6 is 47.4 Å². The predicted molar refractivity (Wildman–Crippen MR) is 90.4 cm³/mol. The van der Waals surface area contributed by atoms with Crippen molar-refractivity contribution in [2.24, 2.45) is 5.92 Å². The summed E-state index contributed by atoms with van der Waals surface area (Å²) < 4.78 is 0. The summed E-state index contributed by atoms with van der Waals surface area (Å²) in [7, 11) is 0. The molecule has 1 atom stereocenters. The van der Waals surface area contributed by atoms with Gasteiger partial charge in [-0.05, 0) is 61.7 Å². The van der Waals surface area contributed by atoms with E-state index in [1.165, 1.54) is 18.4 Å². The lowest BCUT2D eigenvalue weighted by Crippen LogP contribution is -2.31. The maximum atomic E-state index is 6.15. The molecule has 0 aromatic heterocycles. The Hall–Kier alpha value is 0.400. The summed E-state index contributed by atoms with van der Waals surface area (Å²) in [6.07, 6.45) is 4.68. The summed E-state index contributed by atoms with van der Waals surface area (Å²) in [5.74, 6) is 2.51. The number of benzene rings is 1. The van der Waals surface area contributed by atoms with E-state index in [0.29, 0.717) is 16.0 Å². The Bertz CT molecular complexity index is 394. The third-order valence-electron chi connectivity index (χ3n) is 3.67. The van der Waals surface area contributed by atoms with Crippen LogP contribution in [0.1, 0.15) is 24.3 Å². The summed E-state index contributed by atoms with van der Waals surface area (Å²) in [6.45, 7) is 2.27. The Morgan fingerprint density at radius 1 is 1.26 bits per heavy atom. The highest BCUT2D eigenvalue weighted by molar-refractivity contribution is 7.98. The quantitative estimate of drug-likeness (QED) is 0.840. The van der Waals surface area contributed by atoms with Crippen LogP contribution in [-0.4, -0.2) is 25.1 Å². The molecule has 1 heterocycles. The first-order valence-corrected chi connectivity index (χ1v) is 8.52. The van der Waals surface area contributed by atoms with Gasteiger partial charge in [0.15, 0.2) is 0 Å². The van der Waals surface area contributed by atoms with Gasteiger partial charge in [-0.3, -0.25) is 0 Å². The lowest BCUT2D eigenvalue weighted by molar-refractivity contribution is 0.333. The van der Waals surface area contributed by atoms with Crippen molar-refractivity contribution in [2.45, 2.75) is 18.8 Å². The maximum absolute atomic E-state index is 6.15. The zero-order chi connectivity index (χ0) is 13.0. The molecule has 108 valence electrons. The van der Waals surface area contributed by atoms with Crippen molar-refractivity contribution >= 4 is 47.4 Å². The number of hydrogen-bond donors (Lipinski definition) is 1. The van der Waals surface area contributed by atoms with Gasteiger partial charge >= 0.3 is 0 Å². The molecule has 1 unspecified atom stereocenters. The summed E-state index contributed by atoms with van der Waals surface area (Å²) >= 11 is 14.1. The molecule has 1 aliphatic heterocycles. The van der Waals surface area contributed by atoms with E-state index in [0.717, 1.165) is 24.8 Å². The van der Waals surface area contributed by atoms with Crippen LogP contribution in [0.5, 0.6) is 0 Å². The molecule has 1 saturated heterocycles. The largest absolute Gasteiger partial charge is 0.317 e. The summed E-state index contributed by atoms with van der Waals surface area (Å²) in [6, 6.07) is 6.11. The normalized spacial score (nSPS) is 17.8. The fourth-order valence-corrected chi connectivity index (χ4v) is 3.80. The Morgan fingerprint density at radius 3 is 2.53 bits per heavy atom. The van der Waals surface area contributed by atoms with Gasteiger partial charge in [-0.15, -0.1) is 12.4 Å². The minimum absolute atomic E-state index is 0. The molecule has 0 saturated carbocycles. The molecule has 5 heteroatoms. The van der Waals surface area contributed by atoms with Crippen molar-refractivity contribution in [2.75, 3.05) is 25.1 Å². The monoisotopic (exact) mass is 339 g/mol.